The molecule has 110 valence electrons. The summed E-state index contributed by atoms with van der Waals surface area (Å²) in [5, 5.41) is 9.44. The molecule has 0 radical (unpaired) electrons. The predicted molar refractivity (Wildman–Crippen MR) is 83.5 cm³/mol. The summed E-state index contributed by atoms with van der Waals surface area (Å²) in [6, 6.07) is 11.3. The van der Waals surface area contributed by atoms with Gasteiger partial charge in [-0.3, -0.25) is 4.79 Å². The molecule has 1 heterocycles. The predicted octanol–water partition coefficient (Wildman–Crippen LogP) is 3.34. The quantitative estimate of drug-likeness (QED) is 0.868. The Morgan fingerprint density at radius 2 is 2.00 bits per heavy atom. The Kier molecular flexibility index (Phi) is 5.33. The van der Waals surface area contributed by atoms with Crippen LogP contribution < -0.4 is 4.74 Å². The number of carboxylic acid groups (broad SMARTS) is 1. The van der Waals surface area contributed by atoms with Gasteiger partial charge >= 0.3 is 5.97 Å². The summed E-state index contributed by atoms with van der Waals surface area (Å²) in [6.45, 7) is 0. The van der Waals surface area contributed by atoms with Crippen molar-refractivity contribution in [3.8, 4) is 5.88 Å². The van der Waals surface area contributed by atoms with E-state index in [0.29, 0.717) is 18.7 Å². The van der Waals surface area contributed by atoms with Crippen LogP contribution in [0.3, 0.4) is 0 Å². The van der Waals surface area contributed by atoms with E-state index in [2.05, 4.69) is 20.9 Å². The number of carboxylic acids is 1. The van der Waals surface area contributed by atoms with Gasteiger partial charge in [-0.15, -0.1) is 0 Å². The van der Waals surface area contributed by atoms with Crippen LogP contribution in [0.25, 0.3) is 0 Å². The first-order chi connectivity index (χ1) is 10.1. The van der Waals surface area contributed by atoms with Crippen molar-refractivity contribution in [1.82, 2.24) is 4.98 Å². The minimum Gasteiger partial charge on any atom is -0.481 e. The summed E-state index contributed by atoms with van der Waals surface area (Å²) in [5.41, 5.74) is 1.80. The first-order valence-electron chi connectivity index (χ1n) is 6.55. The molecule has 0 saturated heterocycles. The summed E-state index contributed by atoms with van der Waals surface area (Å²) in [4.78, 5) is 15.6. The smallest absolute Gasteiger partial charge is 0.307 e. The van der Waals surface area contributed by atoms with Gasteiger partial charge in [-0.1, -0.05) is 34.1 Å². The average Bonchev–Trinajstić information content (AvgIpc) is 2.49. The number of methoxy groups -OCH3 is 1. The van der Waals surface area contributed by atoms with Gasteiger partial charge in [0.2, 0.25) is 5.88 Å². The summed E-state index contributed by atoms with van der Waals surface area (Å²) in [5.74, 6) is -0.840. The van der Waals surface area contributed by atoms with Crippen molar-refractivity contribution >= 4 is 21.9 Å². The highest BCUT2D eigenvalue weighted by Crippen LogP contribution is 2.22. The normalized spacial score (nSPS) is 11.9. The Morgan fingerprint density at radius 1 is 1.29 bits per heavy atom. The molecule has 5 heteroatoms. The first kappa shape index (κ1) is 15.5. The summed E-state index contributed by atoms with van der Waals surface area (Å²) in [7, 11) is 1.54. The number of hydrogen-bond acceptors (Lipinski definition) is 3. The topological polar surface area (TPSA) is 59.4 Å². The summed E-state index contributed by atoms with van der Waals surface area (Å²) >= 11 is 3.37. The van der Waals surface area contributed by atoms with Crippen LogP contribution in [0.4, 0.5) is 0 Å². The fourth-order valence-electron chi connectivity index (χ4n) is 2.18. The Balaban J connectivity index is 2.16. The first-order valence-corrected chi connectivity index (χ1v) is 7.34. The Morgan fingerprint density at radius 3 is 2.62 bits per heavy atom. The van der Waals surface area contributed by atoms with Crippen LogP contribution in [0.15, 0.2) is 47.1 Å². The third kappa shape index (κ3) is 4.29. The fourth-order valence-corrected chi connectivity index (χ4v) is 2.44. The molecule has 0 spiro atoms. The summed E-state index contributed by atoms with van der Waals surface area (Å²) < 4.78 is 6.16. The molecule has 0 aliphatic heterocycles. The van der Waals surface area contributed by atoms with E-state index in [1.807, 2.05) is 30.3 Å². The highest BCUT2D eigenvalue weighted by atomic mass is 79.9. The van der Waals surface area contributed by atoms with Crippen LogP contribution >= 0.6 is 15.9 Å². The standard InChI is InChI=1S/C16H16BrNO3/c1-21-15-12(3-2-8-18-15)10-13(16(19)20)9-11-4-6-14(17)7-5-11/h2-8,13H,9-10H2,1H3,(H,19,20). The zero-order chi connectivity index (χ0) is 15.2. The third-order valence-electron chi connectivity index (χ3n) is 3.25. The molecule has 0 amide bonds. The second kappa shape index (κ2) is 7.22. The number of aliphatic carboxylic acids is 1. The van der Waals surface area contributed by atoms with Gasteiger partial charge in [-0.25, -0.2) is 4.98 Å². The van der Waals surface area contributed by atoms with E-state index in [0.717, 1.165) is 15.6 Å². The van der Waals surface area contributed by atoms with E-state index in [4.69, 9.17) is 4.74 Å². The van der Waals surface area contributed by atoms with Crippen molar-refractivity contribution in [2.45, 2.75) is 12.8 Å². The van der Waals surface area contributed by atoms with Gasteiger partial charge in [0.05, 0.1) is 13.0 Å². The molecule has 2 rings (SSSR count). The zero-order valence-corrected chi connectivity index (χ0v) is 13.2. The molecule has 0 saturated carbocycles. The number of rotatable bonds is 6. The SMILES string of the molecule is COc1ncccc1CC(Cc1ccc(Br)cc1)C(=O)O. The van der Waals surface area contributed by atoms with Gasteiger partial charge in [-0.05, 0) is 36.6 Å². The van der Waals surface area contributed by atoms with E-state index in [-0.39, 0.29) is 0 Å². The molecule has 4 nitrogen and oxygen atoms in total. The largest absolute Gasteiger partial charge is 0.481 e. The minimum atomic E-state index is -0.816. The molecule has 1 N–H and O–H groups in total. The second-order valence-electron chi connectivity index (χ2n) is 4.74. The van der Waals surface area contributed by atoms with Crippen LogP contribution in [0.2, 0.25) is 0 Å². The summed E-state index contributed by atoms with van der Waals surface area (Å²) in [6.07, 6.45) is 2.50. The van der Waals surface area contributed by atoms with Crippen molar-refractivity contribution in [2.24, 2.45) is 5.92 Å². The van der Waals surface area contributed by atoms with E-state index < -0.39 is 11.9 Å². The molecule has 1 aromatic heterocycles. The minimum absolute atomic E-state index is 0.391. The Labute approximate surface area is 131 Å². The number of pyridine rings is 1. The van der Waals surface area contributed by atoms with Crippen LogP contribution in [0, 0.1) is 5.92 Å². The molecule has 1 unspecified atom stereocenters. The molecular formula is C16H16BrNO3. The maximum Gasteiger partial charge on any atom is 0.307 e. The fraction of sp³-hybridized carbons (Fsp3) is 0.250. The number of hydrogen-bond donors (Lipinski definition) is 1. The highest BCUT2D eigenvalue weighted by molar-refractivity contribution is 9.10. The highest BCUT2D eigenvalue weighted by Gasteiger charge is 2.20. The molecular weight excluding hydrogens is 334 g/mol. The van der Waals surface area contributed by atoms with Crippen molar-refractivity contribution < 1.29 is 14.6 Å². The van der Waals surface area contributed by atoms with Crippen LogP contribution in [-0.4, -0.2) is 23.2 Å². The molecule has 0 aliphatic carbocycles. The zero-order valence-electron chi connectivity index (χ0n) is 11.6. The maximum absolute atomic E-state index is 11.5. The average molecular weight is 350 g/mol. The van der Waals surface area contributed by atoms with Gasteiger partial charge in [0.25, 0.3) is 0 Å². The van der Waals surface area contributed by atoms with Crippen molar-refractivity contribution in [1.29, 1.82) is 0 Å². The number of nitrogens with zero attached hydrogens (tertiary/aromatic N) is 1. The van der Waals surface area contributed by atoms with Gasteiger partial charge < -0.3 is 9.84 Å². The molecule has 0 aliphatic rings. The monoisotopic (exact) mass is 349 g/mol. The Bertz CT molecular complexity index is 613. The van der Waals surface area contributed by atoms with Crippen molar-refractivity contribution in [3.05, 3.63) is 58.2 Å². The van der Waals surface area contributed by atoms with Gasteiger partial charge in [-0.2, -0.15) is 0 Å². The molecule has 0 bridgehead atoms. The van der Waals surface area contributed by atoms with Crippen molar-refractivity contribution in [3.63, 3.8) is 0 Å². The number of aromatic nitrogens is 1. The van der Waals surface area contributed by atoms with E-state index in [1.54, 1.807) is 12.3 Å². The number of benzene rings is 1. The van der Waals surface area contributed by atoms with E-state index >= 15 is 0 Å². The van der Waals surface area contributed by atoms with Crippen LogP contribution in [0.1, 0.15) is 11.1 Å². The molecule has 0 fully saturated rings. The maximum atomic E-state index is 11.5. The van der Waals surface area contributed by atoms with Gasteiger partial charge in [0.1, 0.15) is 0 Å². The van der Waals surface area contributed by atoms with Gasteiger partial charge in [0.15, 0.2) is 0 Å². The van der Waals surface area contributed by atoms with E-state index in [1.165, 1.54) is 7.11 Å². The number of halogens is 1. The lowest BCUT2D eigenvalue weighted by Gasteiger charge is -2.14. The number of carbonyl (C=O) groups is 1. The van der Waals surface area contributed by atoms with Crippen LogP contribution in [-0.2, 0) is 17.6 Å². The van der Waals surface area contributed by atoms with E-state index in [9.17, 15) is 9.90 Å². The second-order valence-corrected chi connectivity index (χ2v) is 5.66. The van der Waals surface area contributed by atoms with Crippen LogP contribution in [0.5, 0.6) is 5.88 Å². The lowest BCUT2D eigenvalue weighted by molar-refractivity contribution is -0.141. The molecule has 21 heavy (non-hydrogen) atoms. The lowest BCUT2D eigenvalue weighted by atomic mass is 9.93. The lowest BCUT2D eigenvalue weighted by Crippen LogP contribution is -2.19. The molecule has 2 aromatic rings. The third-order valence-corrected chi connectivity index (χ3v) is 3.78. The Hall–Kier alpha value is -1.88. The van der Waals surface area contributed by atoms with Crippen molar-refractivity contribution in [2.75, 3.05) is 7.11 Å². The number of ether oxygens (including phenoxy) is 1. The van der Waals surface area contributed by atoms with Gasteiger partial charge in [0, 0.05) is 16.2 Å². The molecule has 1 aromatic carbocycles. The molecule has 1 atom stereocenters.